The molecule has 3 aromatic carbocycles. The van der Waals surface area contributed by atoms with Crippen molar-refractivity contribution in [2.24, 2.45) is 5.10 Å². The zero-order chi connectivity index (χ0) is 19.8. The number of hydrazone groups is 1. The van der Waals surface area contributed by atoms with Crippen molar-refractivity contribution in [1.82, 2.24) is 10.7 Å². The highest BCUT2D eigenvalue weighted by Crippen LogP contribution is 2.14. The van der Waals surface area contributed by atoms with Crippen LogP contribution in [-0.4, -0.2) is 24.1 Å². The van der Waals surface area contributed by atoms with Gasteiger partial charge in [0.15, 0.2) is 0 Å². The maximum Gasteiger partial charge on any atom is 0.271 e. The third kappa shape index (κ3) is 5.05. The van der Waals surface area contributed by atoms with E-state index < -0.39 is 0 Å². The Bertz CT molecular complexity index is 989. The number of nitrogens with zero attached hydrogens (tertiary/aromatic N) is 1. The van der Waals surface area contributed by atoms with Crippen molar-refractivity contribution in [2.75, 3.05) is 6.54 Å². The van der Waals surface area contributed by atoms with Crippen LogP contribution < -0.4 is 10.7 Å². The summed E-state index contributed by atoms with van der Waals surface area (Å²) in [5, 5.41) is 7.40. The van der Waals surface area contributed by atoms with Crippen LogP contribution in [-0.2, 0) is 0 Å². The molecule has 3 rings (SSSR count). The van der Waals surface area contributed by atoms with Crippen LogP contribution in [0.3, 0.4) is 0 Å². The number of hydrogen-bond donors (Lipinski definition) is 2. The van der Waals surface area contributed by atoms with Gasteiger partial charge in [0.05, 0.1) is 22.8 Å². The van der Waals surface area contributed by atoms with Gasteiger partial charge in [-0.05, 0) is 29.8 Å². The highest BCUT2D eigenvalue weighted by Gasteiger charge is 2.12. The molecule has 2 N–H and O–H groups in total. The maximum absolute atomic E-state index is 12.4. The average Bonchev–Trinajstić information content (AvgIpc) is 2.75. The molecule has 0 unspecified atom stereocenters. The van der Waals surface area contributed by atoms with Crippen molar-refractivity contribution < 1.29 is 9.59 Å². The van der Waals surface area contributed by atoms with E-state index in [2.05, 4.69) is 15.8 Å². The minimum absolute atomic E-state index is 0.128. The fourth-order valence-electron chi connectivity index (χ4n) is 2.51. The quantitative estimate of drug-likeness (QED) is 0.494. The number of halogens is 1. The SMILES string of the molecule is O=C(N/N=C(\CNC(=O)c1ccccc1Cl)c1ccccc1)c1ccccc1. The molecule has 0 saturated heterocycles. The molecule has 0 fully saturated rings. The normalized spacial score (nSPS) is 11.0. The van der Waals surface area contributed by atoms with Crippen LogP contribution in [0.15, 0.2) is 90.0 Å². The molecule has 28 heavy (non-hydrogen) atoms. The Labute approximate surface area is 168 Å². The predicted octanol–water partition coefficient (Wildman–Crippen LogP) is 3.90. The summed E-state index contributed by atoms with van der Waals surface area (Å²) < 4.78 is 0. The number of nitrogens with one attached hydrogen (secondary N) is 2. The number of carbonyl (C=O) groups excluding carboxylic acids is 2. The summed E-state index contributed by atoms with van der Waals surface area (Å²) in [6, 6.07) is 24.9. The molecule has 2 amide bonds. The van der Waals surface area contributed by atoms with Crippen LogP contribution in [0.5, 0.6) is 0 Å². The molecular formula is C22H18ClN3O2. The summed E-state index contributed by atoms with van der Waals surface area (Å²) in [6.45, 7) is 0.128. The summed E-state index contributed by atoms with van der Waals surface area (Å²) in [5.41, 5.74) is 4.73. The topological polar surface area (TPSA) is 70.6 Å². The van der Waals surface area contributed by atoms with Crippen LogP contribution in [0.2, 0.25) is 5.02 Å². The van der Waals surface area contributed by atoms with Gasteiger partial charge in [-0.3, -0.25) is 9.59 Å². The Balaban J connectivity index is 1.75. The van der Waals surface area contributed by atoms with Crippen molar-refractivity contribution in [3.8, 4) is 0 Å². The monoisotopic (exact) mass is 391 g/mol. The second-order valence-corrected chi connectivity index (χ2v) is 6.30. The van der Waals surface area contributed by atoms with Gasteiger partial charge in [-0.15, -0.1) is 0 Å². The minimum atomic E-state index is -0.327. The Morgan fingerprint density at radius 2 is 1.32 bits per heavy atom. The van der Waals surface area contributed by atoms with Crippen LogP contribution in [0.25, 0.3) is 0 Å². The fourth-order valence-corrected chi connectivity index (χ4v) is 2.74. The second kappa shape index (κ2) is 9.48. The summed E-state index contributed by atoms with van der Waals surface area (Å²) in [5.74, 6) is -0.643. The van der Waals surface area contributed by atoms with Crippen molar-refractivity contribution in [3.05, 3.63) is 107 Å². The van der Waals surface area contributed by atoms with Gasteiger partial charge < -0.3 is 5.32 Å². The summed E-state index contributed by atoms with van der Waals surface area (Å²) >= 11 is 6.07. The van der Waals surface area contributed by atoms with E-state index in [1.54, 1.807) is 48.5 Å². The lowest BCUT2D eigenvalue weighted by Gasteiger charge is -2.10. The van der Waals surface area contributed by atoms with Gasteiger partial charge >= 0.3 is 0 Å². The minimum Gasteiger partial charge on any atom is -0.346 e. The van der Waals surface area contributed by atoms with E-state index in [9.17, 15) is 9.59 Å². The van der Waals surface area contributed by atoms with E-state index in [0.29, 0.717) is 21.9 Å². The molecule has 0 spiro atoms. The van der Waals surface area contributed by atoms with Crippen LogP contribution >= 0.6 is 11.6 Å². The summed E-state index contributed by atoms with van der Waals surface area (Å²) in [4.78, 5) is 24.7. The molecule has 0 radical (unpaired) electrons. The summed E-state index contributed by atoms with van der Waals surface area (Å²) in [6.07, 6.45) is 0. The van der Waals surface area contributed by atoms with Crippen LogP contribution in [0.4, 0.5) is 0 Å². The van der Waals surface area contributed by atoms with E-state index in [1.807, 2.05) is 36.4 Å². The third-order valence-electron chi connectivity index (χ3n) is 3.97. The van der Waals surface area contributed by atoms with E-state index in [0.717, 1.165) is 5.56 Å². The predicted molar refractivity (Wildman–Crippen MR) is 111 cm³/mol. The van der Waals surface area contributed by atoms with E-state index in [1.165, 1.54) is 0 Å². The lowest BCUT2D eigenvalue weighted by Crippen LogP contribution is -2.32. The largest absolute Gasteiger partial charge is 0.346 e. The second-order valence-electron chi connectivity index (χ2n) is 5.89. The molecule has 140 valence electrons. The van der Waals surface area contributed by atoms with Gasteiger partial charge in [-0.2, -0.15) is 5.10 Å². The van der Waals surface area contributed by atoms with E-state index >= 15 is 0 Å². The third-order valence-corrected chi connectivity index (χ3v) is 4.30. The average molecular weight is 392 g/mol. The van der Waals surface area contributed by atoms with Gasteiger partial charge in [-0.25, -0.2) is 5.43 Å². The zero-order valence-electron chi connectivity index (χ0n) is 14.9. The first kappa shape index (κ1) is 19.3. The first-order valence-electron chi connectivity index (χ1n) is 8.65. The van der Waals surface area contributed by atoms with Crippen LogP contribution in [0, 0.1) is 0 Å². The molecule has 0 aliphatic carbocycles. The van der Waals surface area contributed by atoms with Gasteiger partial charge in [-0.1, -0.05) is 72.3 Å². The van der Waals surface area contributed by atoms with Crippen molar-refractivity contribution >= 4 is 29.1 Å². The highest BCUT2D eigenvalue weighted by molar-refractivity contribution is 6.33. The first-order valence-corrected chi connectivity index (χ1v) is 9.03. The van der Waals surface area contributed by atoms with Gasteiger partial charge in [0.2, 0.25) is 0 Å². The summed E-state index contributed by atoms with van der Waals surface area (Å²) in [7, 11) is 0. The molecule has 0 aliphatic heterocycles. The standard InChI is InChI=1S/C22H18ClN3O2/c23-19-14-8-7-13-18(19)22(28)24-15-20(16-9-3-1-4-10-16)25-26-21(27)17-11-5-2-6-12-17/h1-14H,15H2,(H,24,28)(H,26,27)/b25-20+. The molecule has 0 atom stereocenters. The molecule has 0 heterocycles. The van der Waals surface area contributed by atoms with Gasteiger partial charge in [0, 0.05) is 5.56 Å². The molecule has 0 aromatic heterocycles. The molecule has 3 aromatic rings. The molecule has 0 bridgehead atoms. The smallest absolute Gasteiger partial charge is 0.271 e. The van der Waals surface area contributed by atoms with Crippen molar-refractivity contribution in [2.45, 2.75) is 0 Å². The van der Waals surface area contributed by atoms with Crippen LogP contribution in [0.1, 0.15) is 26.3 Å². The van der Waals surface area contributed by atoms with E-state index in [-0.39, 0.29) is 18.4 Å². The van der Waals surface area contributed by atoms with Crippen molar-refractivity contribution in [3.63, 3.8) is 0 Å². The Morgan fingerprint density at radius 3 is 1.96 bits per heavy atom. The lowest BCUT2D eigenvalue weighted by molar-refractivity contribution is 0.0951. The fraction of sp³-hybridized carbons (Fsp3) is 0.0455. The number of rotatable bonds is 6. The number of carbonyl (C=O) groups is 2. The number of hydrogen-bond acceptors (Lipinski definition) is 3. The van der Waals surface area contributed by atoms with Crippen molar-refractivity contribution in [1.29, 1.82) is 0 Å². The molecular weight excluding hydrogens is 374 g/mol. The Morgan fingerprint density at radius 1 is 0.750 bits per heavy atom. The lowest BCUT2D eigenvalue weighted by atomic mass is 10.1. The Kier molecular flexibility index (Phi) is 6.54. The van der Waals surface area contributed by atoms with Gasteiger partial charge in [0.25, 0.3) is 11.8 Å². The highest BCUT2D eigenvalue weighted by atomic mass is 35.5. The first-order chi connectivity index (χ1) is 13.6. The number of benzene rings is 3. The molecule has 6 heteroatoms. The van der Waals surface area contributed by atoms with Gasteiger partial charge in [0.1, 0.15) is 0 Å². The molecule has 5 nitrogen and oxygen atoms in total. The Hall–Kier alpha value is -3.44. The van der Waals surface area contributed by atoms with E-state index in [4.69, 9.17) is 11.6 Å². The zero-order valence-corrected chi connectivity index (χ0v) is 15.7. The number of amides is 2. The maximum atomic E-state index is 12.4. The molecule has 0 aliphatic rings. The molecule has 0 saturated carbocycles.